The Bertz CT molecular complexity index is 358. The van der Waals surface area contributed by atoms with E-state index in [0.717, 1.165) is 0 Å². The Balaban J connectivity index is 2.57. The normalized spacial score (nSPS) is 20.5. The Labute approximate surface area is 111 Å². The smallest absolute Gasteiger partial charge is 0.409 e. The molecule has 108 valence electrons. The van der Waals surface area contributed by atoms with Crippen molar-refractivity contribution in [1.29, 1.82) is 0 Å². The minimum absolute atomic E-state index is 0.272. The van der Waals surface area contributed by atoms with Crippen LogP contribution in [0.1, 0.15) is 26.2 Å². The first kappa shape index (κ1) is 15.3. The highest BCUT2D eigenvalue weighted by molar-refractivity contribution is 5.85. The van der Waals surface area contributed by atoms with E-state index in [-0.39, 0.29) is 18.4 Å². The molecular formula is C12H20N2O5. The number of aliphatic carboxylic acids is 1. The third kappa shape index (κ3) is 4.11. The highest BCUT2D eigenvalue weighted by Crippen LogP contribution is 2.17. The van der Waals surface area contributed by atoms with Gasteiger partial charge in [-0.05, 0) is 19.3 Å². The second-order valence-corrected chi connectivity index (χ2v) is 4.56. The van der Waals surface area contributed by atoms with Crippen LogP contribution in [0.25, 0.3) is 0 Å². The lowest BCUT2D eigenvalue weighted by Gasteiger charge is -2.31. The fourth-order valence-corrected chi connectivity index (χ4v) is 2.11. The van der Waals surface area contributed by atoms with Gasteiger partial charge in [-0.3, -0.25) is 4.79 Å². The molecule has 0 aromatic rings. The minimum Gasteiger partial charge on any atom is -0.480 e. The van der Waals surface area contributed by atoms with Crippen molar-refractivity contribution in [1.82, 2.24) is 10.2 Å². The molecule has 0 radical (unpaired) electrons. The van der Waals surface area contributed by atoms with Crippen molar-refractivity contribution in [3.8, 4) is 0 Å². The van der Waals surface area contributed by atoms with Gasteiger partial charge >= 0.3 is 12.1 Å². The summed E-state index contributed by atoms with van der Waals surface area (Å²) in [6.45, 7) is 2.53. The maximum atomic E-state index is 12.0. The molecular weight excluding hydrogens is 252 g/mol. The van der Waals surface area contributed by atoms with E-state index in [0.29, 0.717) is 25.8 Å². The van der Waals surface area contributed by atoms with Crippen LogP contribution < -0.4 is 5.32 Å². The number of carbonyl (C=O) groups is 3. The molecule has 1 rings (SSSR count). The molecule has 19 heavy (non-hydrogen) atoms. The molecule has 0 aromatic carbocycles. The number of carboxylic acids is 1. The summed E-state index contributed by atoms with van der Waals surface area (Å²) in [7, 11) is 1.30. The van der Waals surface area contributed by atoms with Gasteiger partial charge in [-0.15, -0.1) is 0 Å². The number of carboxylic acid groups (broad SMARTS) is 1. The van der Waals surface area contributed by atoms with Gasteiger partial charge in [-0.1, -0.05) is 6.92 Å². The summed E-state index contributed by atoms with van der Waals surface area (Å²) in [6.07, 6.45) is 1.23. The molecule has 0 bridgehead atoms. The first-order valence-electron chi connectivity index (χ1n) is 6.35. The summed E-state index contributed by atoms with van der Waals surface area (Å²) < 4.78 is 4.62. The lowest BCUT2D eigenvalue weighted by molar-refractivity contribution is -0.142. The quantitative estimate of drug-likeness (QED) is 0.774. The van der Waals surface area contributed by atoms with Gasteiger partial charge in [0.2, 0.25) is 5.91 Å². The number of amides is 2. The maximum absolute atomic E-state index is 12.0. The largest absolute Gasteiger partial charge is 0.480 e. The van der Waals surface area contributed by atoms with E-state index in [4.69, 9.17) is 5.11 Å². The van der Waals surface area contributed by atoms with Crippen LogP contribution in [0.4, 0.5) is 4.79 Å². The molecule has 1 aliphatic rings. The van der Waals surface area contributed by atoms with E-state index in [1.54, 1.807) is 6.92 Å². The molecule has 2 amide bonds. The number of carbonyl (C=O) groups excluding carboxylic acids is 2. The molecule has 2 N–H and O–H groups in total. The van der Waals surface area contributed by atoms with Gasteiger partial charge < -0.3 is 20.1 Å². The molecule has 1 aliphatic heterocycles. The van der Waals surface area contributed by atoms with Gasteiger partial charge in [-0.25, -0.2) is 9.59 Å². The van der Waals surface area contributed by atoms with E-state index < -0.39 is 18.1 Å². The molecule has 1 fully saturated rings. The Morgan fingerprint density at radius 2 is 2.16 bits per heavy atom. The summed E-state index contributed by atoms with van der Waals surface area (Å²) in [5.74, 6) is -1.74. The zero-order chi connectivity index (χ0) is 14.4. The molecule has 7 heteroatoms. The SMILES string of the molecule is CCC(NC(=O)[C@@H]1CCCN(C(=O)OC)C1)C(=O)O. The van der Waals surface area contributed by atoms with Gasteiger partial charge in [0.1, 0.15) is 6.04 Å². The van der Waals surface area contributed by atoms with Gasteiger partial charge in [0, 0.05) is 13.1 Å². The Morgan fingerprint density at radius 3 is 2.68 bits per heavy atom. The maximum Gasteiger partial charge on any atom is 0.409 e. The lowest BCUT2D eigenvalue weighted by atomic mass is 9.97. The third-order valence-corrected chi connectivity index (χ3v) is 3.25. The van der Waals surface area contributed by atoms with Gasteiger partial charge in [0.15, 0.2) is 0 Å². The van der Waals surface area contributed by atoms with Gasteiger partial charge in [0.25, 0.3) is 0 Å². The lowest BCUT2D eigenvalue weighted by Crippen LogP contribution is -2.49. The molecule has 1 heterocycles. The molecule has 2 atom stereocenters. The number of nitrogens with zero attached hydrogens (tertiary/aromatic N) is 1. The number of hydrogen-bond donors (Lipinski definition) is 2. The standard InChI is InChI=1S/C12H20N2O5/c1-3-9(11(16)17)13-10(15)8-5-4-6-14(7-8)12(18)19-2/h8-9H,3-7H2,1-2H3,(H,13,15)(H,16,17)/t8-,9?/m1/s1. The fourth-order valence-electron chi connectivity index (χ4n) is 2.11. The summed E-state index contributed by atoms with van der Waals surface area (Å²) in [5.41, 5.74) is 0. The van der Waals surface area contributed by atoms with Crippen LogP contribution >= 0.6 is 0 Å². The van der Waals surface area contributed by atoms with E-state index >= 15 is 0 Å². The molecule has 0 aromatic heterocycles. The van der Waals surface area contributed by atoms with Crippen molar-refractivity contribution >= 4 is 18.0 Å². The number of likely N-dealkylation sites (tertiary alicyclic amines) is 1. The van der Waals surface area contributed by atoms with Crippen molar-refractivity contribution in [3.05, 3.63) is 0 Å². The number of piperidine rings is 1. The molecule has 0 spiro atoms. The molecule has 1 unspecified atom stereocenters. The van der Waals surface area contributed by atoms with Crippen molar-refractivity contribution in [2.45, 2.75) is 32.2 Å². The second kappa shape index (κ2) is 6.96. The average molecular weight is 272 g/mol. The first-order chi connectivity index (χ1) is 8.99. The Morgan fingerprint density at radius 1 is 1.47 bits per heavy atom. The predicted octanol–water partition coefficient (Wildman–Crippen LogP) is 0.444. The van der Waals surface area contributed by atoms with Crippen molar-refractivity contribution in [2.75, 3.05) is 20.2 Å². The summed E-state index contributed by atoms with van der Waals surface area (Å²) >= 11 is 0. The Hall–Kier alpha value is -1.79. The predicted molar refractivity (Wildman–Crippen MR) is 66.6 cm³/mol. The highest BCUT2D eigenvalue weighted by Gasteiger charge is 2.30. The topological polar surface area (TPSA) is 95.9 Å². The van der Waals surface area contributed by atoms with E-state index in [1.807, 2.05) is 0 Å². The zero-order valence-electron chi connectivity index (χ0n) is 11.2. The third-order valence-electron chi connectivity index (χ3n) is 3.25. The number of nitrogens with one attached hydrogen (secondary N) is 1. The number of hydrogen-bond acceptors (Lipinski definition) is 4. The van der Waals surface area contributed by atoms with Crippen LogP contribution in [0, 0.1) is 5.92 Å². The summed E-state index contributed by atoms with van der Waals surface area (Å²) in [6, 6.07) is -0.874. The summed E-state index contributed by atoms with van der Waals surface area (Å²) in [5, 5.41) is 11.4. The van der Waals surface area contributed by atoms with Crippen LogP contribution in [-0.4, -0.2) is 54.2 Å². The van der Waals surface area contributed by atoms with Crippen LogP contribution in [0.15, 0.2) is 0 Å². The summed E-state index contributed by atoms with van der Waals surface area (Å²) in [4.78, 5) is 35.7. The van der Waals surface area contributed by atoms with Crippen molar-refractivity contribution in [2.24, 2.45) is 5.92 Å². The van der Waals surface area contributed by atoms with Crippen LogP contribution in [-0.2, 0) is 14.3 Å². The first-order valence-corrected chi connectivity index (χ1v) is 6.35. The van der Waals surface area contributed by atoms with Crippen LogP contribution in [0.2, 0.25) is 0 Å². The monoisotopic (exact) mass is 272 g/mol. The fraction of sp³-hybridized carbons (Fsp3) is 0.750. The van der Waals surface area contributed by atoms with Crippen molar-refractivity contribution in [3.63, 3.8) is 0 Å². The molecule has 1 saturated heterocycles. The number of ether oxygens (including phenoxy) is 1. The molecule has 0 saturated carbocycles. The van der Waals surface area contributed by atoms with Gasteiger partial charge in [0.05, 0.1) is 13.0 Å². The molecule has 0 aliphatic carbocycles. The highest BCUT2D eigenvalue weighted by atomic mass is 16.5. The number of methoxy groups -OCH3 is 1. The van der Waals surface area contributed by atoms with Crippen LogP contribution in [0.5, 0.6) is 0 Å². The second-order valence-electron chi connectivity index (χ2n) is 4.56. The average Bonchev–Trinajstić information content (AvgIpc) is 2.43. The van der Waals surface area contributed by atoms with E-state index in [9.17, 15) is 14.4 Å². The van der Waals surface area contributed by atoms with E-state index in [1.165, 1.54) is 12.0 Å². The number of rotatable bonds is 4. The molecule has 7 nitrogen and oxygen atoms in total. The van der Waals surface area contributed by atoms with Gasteiger partial charge in [-0.2, -0.15) is 0 Å². The van der Waals surface area contributed by atoms with Crippen LogP contribution in [0.3, 0.4) is 0 Å². The van der Waals surface area contributed by atoms with Crippen molar-refractivity contribution < 1.29 is 24.2 Å². The zero-order valence-corrected chi connectivity index (χ0v) is 11.2. The minimum atomic E-state index is -1.04. The van der Waals surface area contributed by atoms with E-state index in [2.05, 4.69) is 10.1 Å². The Kier molecular flexibility index (Phi) is 5.59.